The standard InChI is InChI=1S/C17H34O5Si/c1-10-20-16(13(2)3)22-14(11-15(18)19-7)12-21-23(8,9)17(4,5)6/h14,16H,2,10-12H2,1,3-9H3/t14-,16?/m1/s1. The van der Waals surface area contributed by atoms with Crippen molar-refractivity contribution in [2.24, 2.45) is 0 Å². The monoisotopic (exact) mass is 346 g/mol. The molecule has 0 aromatic heterocycles. The van der Waals surface area contributed by atoms with Crippen molar-refractivity contribution in [1.29, 1.82) is 0 Å². The lowest BCUT2D eigenvalue weighted by Crippen LogP contribution is -2.44. The van der Waals surface area contributed by atoms with E-state index >= 15 is 0 Å². The summed E-state index contributed by atoms with van der Waals surface area (Å²) in [6.45, 7) is 19.3. The first-order valence-corrected chi connectivity index (χ1v) is 11.0. The number of carbonyl (C=O) groups is 1. The van der Waals surface area contributed by atoms with Crippen LogP contribution in [0.5, 0.6) is 0 Å². The number of esters is 1. The van der Waals surface area contributed by atoms with E-state index in [2.05, 4.69) is 40.4 Å². The molecule has 0 N–H and O–H groups in total. The van der Waals surface area contributed by atoms with Gasteiger partial charge < -0.3 is 18.6 Å². The highest BCUT2D eigenvalue weighted by Crippen LogP contribution is 2.36. The average Bonchev–Trinajstić information content (AvgIpc) is 2.42. The quantitative estimate of drug-likeness (QED) is 0.260. The normalized spacial score (nSPS) is 15.1. The van der Waals surface area contributed by atoms with Crippen molar-refractivity contribution in [2.45, 2.75) is 71.6 Å². The first-order valence-electron chi connectivity index (χ1n) is 8.07. The predicted molar refractivity (Wildman–Crippen MR) is 94.9 cm³/mol. The van der Waals surface area contributed by atoms with Gasteiger partial charge in [0.15, 0.2) is 14.6 Å². The summed E-state index contributed by atoms with van der Waals surface area (Å²) < 4.78 is 22.4. The maximum atomic E-state index is 11.6. The van der Waals surface area contributed by atoms with Crippen LogP contribution in [0.15, 0.2) is 12.2 Å². The first kappa shape index (κ1) is 22.3. The molecule has 0 rings (SSSR count). The van der Waals surface area contributed by atoms with E-state index in [9.17, 15) is 4.79 Å². The molecule has 0 aliphatic rings. The minimum absolute atomic E-state index is 0.0937. The highest BCUT2D eigenvalue weighted by atomic mass is 28.4. The van der Waals surface area contributed by atoms with E-state index in [1.54, 1.807) is 0 Å². The van der Waals surface area contributed by atoms with Crippen molar-refractivity contribution in [3.8, 4) is 0 Å². The van der Waals surface area contributed by atoms with Gasteiger partial charge in [-0.15, -0.1) is 0 Å². The van der Waals surface area contributed by atoms with Crippen LogP contribution in [0.1, 0.15) is 41.0 Å². The second-order valence-electron chi connectivity index (χ2n) is 7.24. The van der Waals surface area contributed by atoms with Gasteiger partial charge >= 0.3 is 5.97 Å². The van der Waals surface area contributed by atoms with E-state index in [1.807, 2.05) is 13.8 Å². The number of hydrogen-bond acceptors (Lipinski definition) is 5. The Morgan fingerprint density at radius 1 is 1.26 bits per heavy atom. The maximum absolute atomic E-state index is 11.6. The third-order valence-corrected chi connectivity index (χ3v) is 8.60. The summed E-state index contributed by atoms with van der Waals surface area (Å²) in [4.78, 5) is 11.6. The summed E-state index contributed by atoms with van der Waals surface area (Å²) in [5.74, 6) is -0.328. The maximum Gasteiger partial charge on any atom is 0.308 e. The number of methoxy groups -OCH3 is 1. The lowest BCUT2D eigenvalue weighted by molar-refractivity contribution is -0.167. The summed E-state index contributed by atoms with van der Waals surface area (Å²) in [5.41, 5.74) is 0.758. The van der Waals surface area contributed by atoms with Crippen molar-refractivity contribution in [3.05, 3.63) is 12.2 Å². The second kappa shape index (κ2) is 9.57. The molecule has 136 valence electrons. The van der Waals surface area contributed by atoms with Crippen molar-refractivity contribution >= 4 is 14.3 Å². The van der Waals surface area contributed by atoms with Crippen LogP contribution < -0.4 is 0 Å². The molecule has 0 bridgehead atoms. The van der Waals surface area contributed by atoms with Gasteiger partial charge in [-0.1, -0.05) is 27.4 Å². The van der Waals surface area contributed by atoms with E-state index in [-0.39, 0.29) is 17.4 Å². The summed E-state index contributed by atoms with van der Waals surface area (Å²) >= 11 is 0. The Morgan fingerprint density at radius 3 is 2.22 bits per heavy atom. The zero-order valence-corrected chi connectivity index (χ0v) is 17.0. The molecule has 5 nitrogen and oxygen atoms in total. The zero-order chi connectivity index (χ0) is 18.3. The fraction of sp³-hybridized carbons (Fsp3) is 0.824. The van der Waals surface area contributed by atoms with Gasteiger partial charge in [-0.25, -0.2) is 0 Å². The fourth-order valence-corrected chi connectivity index (χ4v) is 2.59. The molecule has 6 heteroatoms. The Kier molecular flexibility index (Phi) is 9.28. The van der Waals surface area contributed by atoms with E-state index in [4.69, 9.17) is 18.6 Å². The molecule has 0 heterocycles. The Bertz CT molecular complexity index is 387. The molecule has 1 unspecified atom stereocenters. The van der Waals surface area contributed by atoms with Crippen molar-refractivity contribution in [2.75, 3.05) is 20.3 Å². The molecule has 0 saturated carbocycles. The minimum Gasteiger partial charge on any atom is -0.469 e. The van der Waals surface area contributed by atoms with Crippen molar-refractivity contribution in [3.63, 3.8) is 0 Å². The molecular weight excluding hydrogens is 312 g/mol. The average molecular weight is 347 g/mol. The molecule has 0 fully saturated rings. The van der Waals surface area contributed by atoms with Gasteiger partial charge in [-0.3, -0.25) is 4.79 Å². The SMILES string of the molecule is C=C(C)C(OCC)O[C@@H](CO[Si](C)(C)C(C)(C)C)CC(=O)OC. The molecular formula is C17H34O5Si. The minimum atomic E-state index is -1.92. The third-order valence-electron chi connectivity index (χ3n) is 4.09. The number of rotatable bonds is 10. The van der Waals surface area contributed by atoms with E-state index in [0.29, 0.717) is 13.2 Å². The van der Waals surface area contributed by atoms with Crippen LogP contribution in [0, 0.1) is 0 Å². The molecule has 0 aliphatic carbocycles. The van der Waals surface area contributed by atoms with Crippen molar-refractivity contribution < 1.29 is 23.4 Å². The molecule has 0 spiro atoms. The molecule has 0 aromatic rings. The summed E-state index contributed by atoms with van der Waals surface area (Å²) in [7, 11) is -0.553. The molecule has 0 saturated heterocycles. The van der Waals surface area contributed by atoms with Crippen LogP contribution in [0.3, 0.4) is 0 Å². The van der Waals surface area contributed by atoms with Gasteiger partial charge in [0.05, 0.1) is 26.2 Å². The number of ether oxygens (including phenoxy) is 3. The molecule has 0 radical (unpaired) electrons. The van der Waals surface area contributed by atoms with Crippen molar-refractivity contribution in [1.82, 2.24) is 0 Å². The van der Waals surface area contributed by atoms with Crippen LogP contribution in [0.25, 0.3) is 0 Å². The molecule has 2 atom stereocenters. The van der Waals surface area contributed by atoms with E-state index in [0.717, 1.165) is 5.57 Å². The van der Waals surface area contributed by atoms with Gasteiger partial charge in [-0.05, 0) is 37.6 Å². The molecule has 0 aliphatic heterocycles. The van der Waals surface area contributed by atoms with Gasteiger partial charge in [0.1, 0.15) is 0 Å². The van der Waals surface area contributed by atoms with Crippen LogP contribution in [0.4, 0.5) is 0 Å². The first-order chi connectivity index (χ1) is 10.4. The fourth-order valence-electron chi connectivity index (χ4n) is 1.56. The Labute approximate surface area is 142 Å². The summed E-state index contributed by atoms with van der Waals surface area (Å²) in [6, 6.07) is 0. The van der Waals surface area contributed by atoms with Crippen LogP contribution in [-0.4, -0.2) is 47.0 Å². The lowest BCUT2D eigenvalue weighted by atomic mass is 10.2. The molecule has 23 heavy (non-hydrogen) atoms. The smallest absolute Gasteiger partial charge is 0.308 e. The predicted octanol–water partition coefficient (Wildman–Crippen LogP) is 3.90. The number of hydrogen-bond donors (Lipinski definition) is 0. The van der Waals surface area contributed by atoms with Crippen LogP contribution in [-0.2, 0) is 23.4 Å². The summed E-state index contributed by atoms with van der Waals surface area (Å²) in [6.07, 6.45) is -0.843. The van der Waals surface area contributed by atoms with E-state index < -0.39 is 20.7 Å². The van der Waals surface area contributed by atoms with Gasteiger partial charge in [0.25, 0.3) is 0 Å². The highest BCUT2D eigenvalue weighted by molar-refractivity contribution is 6.74. The Hall–Kier alpha value is -0.693. The topological polar surface area (TPSA) is 54.0 Å². The van der Waals surface area contributed by atoms with Gasteiger partial charge in [0.2, 0.25) is 0 Å². The Balaban J connectivity index is 4.94. The third kappa shape index (κ3) is 8.10. The highest BCUT2D eigenvalue weighted by Gasteiger charge is 2.38. The Morgan fingerprint density at radius 2 is 1.83 bits per heavy atom. The molecule has 0 amide bonds. The second-order valence-corrected chi connectivity index (χ2v) is 12.1. The van der Waals surface area contributed by atoms with E-state index in [1.165, 1.54) is 7.11 Å². The number of carbonyl (C=O) groups excluding carboxylic acids is 1. The molecule has 0 aromatic carbocycles. The lowest BCUT2D eigenvalue weighted by Gasteiger charge is -2.37. The van der Waals surface area contributed by atoms with Crippen LogP contribution in [0.2, 0.25) is 18.1 Å². The zero-order valence-electron chi connectivity index (χ0n) is 16.0. The largest absolute Gasteiger partial charge is 0.469 e. The van der Waals surface area contributed by atoms with Gasteiger partial charge in [0, 0.05) is 6.61 Å². The van der Waals surface area contributed by atoms with Gasteiger partial charge in [-0.2, -0.15) is 0 Å². The van der Waals surface area contributed by atoms with Crippen LogP contribution >= 0.6 is 0 Å². The summed E-state index contributed by atoms with van der Waals surface area (Å²) in [5, 5.41) is 0.0937.